The van der Waals surface area contributed by atoms with Crippen molar-refractivity contribution >= 4 is 17.5 Å². The van der Waals surface area contributed by atoms with E-state index in [1.54, 1.807) is 0 Å². The van der Waals surface area contributed by atoms with Gasteiger partial charge in [-0.15, -0.1) is 11.6 Å². The lowest BCUT2D eigenvalue weighted by atomic mass is 10.2. The van der Waals surface area contributed by atoms with Crippen molar-refractivity contribution < 1.29 is 4.79 Å². The number of hydrogen-bond acceptors (Lipinski definition) is 2. The number of carbonyl (C=O) groups is 1. The van der Waals surface area contributed by atoms with E-state index in [1.807, 2.05) is 30.8 Å². The third kappa shape index (κ3) is 2.73. The summed E-state index contributed by atoms with van der Waals surface area (Å²) in [5.41, 5.74) is 0.852. The number of amides is 1. The van der Waals surface area contributed by atoms with Gasteiger partial charge in [-0.05, 0) is 19.9 Å². The molecular weight excluding hydrogens is 202 g/mol. The fraction of sp³-hybridized carbons (Fsp3) is 0.556. The minimum absolute atomic E-state index is 0.0151. The average Bonchev–Trinajstić information content (AvgIpc) is 2.65. The number of nitrogens with one attached hydrogen (secondary N) is 1. The Hall–Kier alpha value is -1.03. The number of carbonyl (C=O) groups excluding carboxylic acids is 1. The van der Waals surface area contributed by atoms with Crippen LogP contribution < -0.4 is 5.32 Å². The van der Waals surface area contributed by atoms with Crippen LogP contribution in [0.3, 0.4) is 0 Å². The molecule has 0 aliphatic rings. The number of alkyl halides is 1. The quantitative estimate of drug-likeness (QED) is 0.771. The van der Waals surface area contributed by atoms with Gasteiger partial charge in [0, 0.05) is 12.7 Å². The molecule has 0 radical (unpaired) electrons. The van der Waals surface area contributed by atoms with Crippen LogP contribution >= 0.6 is 11.6 Å². The molecule has 0 aliphatic heterocycles. The molecule has 0 bridgehead atoms. The van der Waals surface area contributed by atoms with E-state index in [0.717, 1.165) is 12.2 Å². The van der Waals surface area contributed by atoms with E-state index in [2.05, 4.69) is 10.4 Å². The van der Waals surface area contributed by atoms with E-state index in [0.29, 0.717) is 0 Å². The van der Waals surface area contributed by atoms with Crippen molar-refractivity contribution in [3.8, 4) is 0 Å². The number of hydrogen-bond donors (Lipinski definition) is 1. The summed E-state index contributed by atoms with van der Waals surface area (Å²) in [6.07, 6.45) is 1.89. The highest BCUT2D eigenvalue weighted by atomic mass is 35.5. The number of aromatic nitrogens is 2. The molecule has 1 rings (SSSR count). The van der Waals surface area contributed by atoms with Crippen molar-refractivity contribution in [1.82, 2.24) is 15.1 Å². The molecule has 1 aromatic heterocycles. The van der Waals surface area contributed by atoms with Crippen molar-refractivity contribution in [2.75, 3.05) is 5.88 Å². The second-order valence-electron chi connectivity index (χ2n) is 3.02. The lowest BCUT2D eigenvalue weighted by molar-refractivity contribution is -0.119. The van der Waals surface area contributed by atoms with Gasteiger partial charge in [-0.3, -0.25) is 9.48 Å². The lowest BCUT2D eigenvalue weighted by Crippen LogP contribution is -2.27. The zero-order chi connectivity index (χ0) is 10.6. The largest absolute Gasteiger partial charge is 0.347 e. The van der Waals surface area contributed by atoms with Crippen molar-refractivity contribution in [2.24, 2.45) is 0 Å². The summed E-state index contributed by atoms with van der Waals surface area (Å²) in [5, 5.41) is 7.01. The van der Waals surface area contributed by atoms with Crippen molar-refractivity contribution in [3.05, 3.63) is 18.0 Å². The van der Waals surface area contributed by atoms with Crippen LogP contribution in [0.15, 0.2) is 12.3 Å². The Kier molecular flexibility index (Phi) is 3.95. The van der Waals surface area contributed by atoms with Crippen LogP contribution in [0, 0.1) is 0 Å². The molecule has 1 aromatic rings. The molecule has 1 N–H and O–H groups in total. The minimum Gasteiger partial charge on any atom is -0.347 e. The lowest BCUT2D eigenvalue weighted by Gasteiger charge is -2.09. The first-order valence-corrected chi connectivity index (χ1v) is 5.09. The molecule has 0 saturated heterocycles. The first-order chi connectivity index (χ1) is 6.67. The van der Waals surface area contributed by atoms with E-state index in [-0.39, 0.29) is 17.8 Å². The summed E-state index contributed by atoms with van der Waals surface area (Å²) in [7, 11) is 0. The van der Waals surface area contributed by atoms with Crippen LogP contribution in [-0.2, 0) is 11.3 Å². The monoisotopic (exact) mass is 215 g/mol. The Bertz CT molecular complexity index is 311. The van der Waals surface area contributed by atoms with Gasteiger partial charge in [-0.25, -0.2) is 0 Å². The third-order valence-electron chi connectivity index (χ3n) is 1.93. The Labute approximate surface area is 88.2 Å². The van der Waals surface area contributed by atoms with Gasteiger partial charge in [0.15, 0.2) is 0 Å². The van der Waals surface area contributed by atoms with Crippen LogP contribution in [0.25, 0.3) is 0 Å². The first kappa shape index (κ1) is 11.0. The highest BCUT2D eigenvalue weighted by Crippen LogP contribution is 2.08. The standard InChI is InChI=1S/C9H14ClN3O/c1-3-13-5-4-8(12-13)7(2)11-9(14)6-10/h4-5,7H,3,6H2,1-2H3,(H,11,14). The highest BCUT2D eigenvalue weighted by Gasteiger charge is 2.10. The molecule has 1 atom stereocenters. The zero-order valence-electron chi connectivity index (χ0n) is 8.33. The first-order valence-electron chi connectivity index (χ1n) is 4.56. The molecule has 0 saturated carbocycles. The summed E-state index contributed by atoms with van der Waals surface area (Å²) in [6, 6.07) is 1.80. The summed E-state index contributed by atoms with van der Waals surface area (Å²) >= 11 is 5.38. The molecule has 4 nitrogen and oxygen atoms in total. The predicted molar refractivity (Wildman–Crippen MR) is 55.2 cm³/mol. The molecule has 78 valence electrons. The van der Waals surface area contributed by atoms with Crippen molar-refractivity contribution in [1.29, 1.82) is 0 Å². The minimum atomic E-state index is -0.176. The highest BCUT2D eigenvalue weighted by molar-refractivity contribution is 6.27. The molecule has 0 spiro atoms. The molecule has 1 heterocycles. The van der Waals surface area contributed by atoms with Gasteiger partial charge in [-0.2, -0.15) is 5.10 Å². The number of nitrogens with zero attached hydrogens (tertiary/aromatic N) is 2. The van der Waals surface area contributed by atoms with Crippen LogP contribution in [-0.4, -0.2) is 21.6 Å². The SMILES string of the molecule is CCn1ccc(C(C)NC(=O)CCl)n1. The Morgan fingerprint density at radius 1 is 1.79 bits per heavy atom. The number of halogens is 1. The number of rotatable bonds is 4. The zero-order valence-corrected chi connectivity index (χ0v) is 9.08. The van der Waals surface area contributed by atoms with Gasteiger partial charge in [-0.1, -0.05) is 0 Å². The molecule has 0 aliphatic carbocycles. The van der Waals surface area contributed by atoms with E-state index >= 15 is 0 Å². The van der Waals surface area contributed by atoms with Gasteiger partial charge in [0.05, 0.1) is 11.7 Å². The average molecular weight is 216 g/mol. The smallest absolute Gasteiger partial charge is 0.235 e. The van der Waals surface area contributed by atoms with E-state index in [1.165, 1.54) is 0 Å². The maximum atomic E-state index is 11.0. The van der Waals surface area contributed by atoms with E-state index in [9.17, 15) is 4.79 Å². The van der Waals surface area contributed by atoms with Gasteiger partial charge in [0.1, 0.15) is 5.88 Å². The maximum absolute atomic E-state index is 11.0. The molecule has 0 fully saturated rings. The molecule has 14 heavy (non-hydrogen) atoms. The summed E-state index contributed by atoms with van der Waals surface area (Å²) in [6.45, 7) is 4.72. The fourth-order valence-electron chi connectivity index (χ4n) is 1.14. The summed E-state index contributed by atoms with van der Waals surface area (Å²) in [5.74, 6) is -0.191. The van der Waals surface area contributed by atoms with Crippen LogP contribution in [0.5, 0.6) is 0 Å². The summed E-state index contributed by atoms with van der Waals surface area (Å²) in [4.78, 5) is 11.0. The Morgan fingerprint density at radius 3 is 3.00 bits per heavy atom. The van der Waals surface area contributed by atoms with Gasteiger partial charge < -0.3 is 5.32 Å². The van der Waals surface area contributed by atoms with Crippen molar-refractivity contribution in [2.45, 2.75) is 26.4 Å². The van der Waals surface area contributed by atoms with Crippen LogP contribution in [0.4, 0.5) is 0 Å². The van der Waals surface area contributed by atoms with E-state index in [4.69, 9.17) is 11.6 Å². The predicted octanol–water partition coefficient (Wildman–Crippen LogP) is 1.32. The van der Waals surface area contributed by atoms with Gasteiger partial charge in [0.2, 0.25) is 5.91 Å². The fourth-order valence-corrected chi connectivity index (χ4v) is 1.22. The third-order valence-corrected chi connectivity index (χ3v) is 2.17. The van der Waals surface area contributed by atoms with Crippen LogP contribution in [0.1, 0.15) is 25.6 Å². The Balaban J connectivity index is 2.60. The number of aryl methyl sites for hydroxylation is 1. The molecule has 0 aromatic carbocycles. The van der Waals surface area contributed by atoms with Crippen molar-refractivity contribution in [3.63, 3.8) is 0 Å². The summed E-state index contributed by atoms with van der Waals surface area (Å²) < 4.78 is 1.82. The normalized spacial score (nSPS) is 12.5. The molecular formula is C9H14ClN3O. The molecule has 5 heteroatoms. The van der Waals surface area contributed by atoms with Crippen LogP contribution in [0.2, 0.25) is 0 Å². The maximum Gasteiger partial charge on any atom is 0.235 e. The van der Waals surface area contributed by atoms with E-state index < -0.39 is 0 Å². The molecule has 1 unspecified atom stereocenters. The van der Waals surface area contributed by atoms with Gasteiger partial charge in [0.25, 0.3) is 0 Å². The second-order valence-corrected chi connectivity index (χ2v) is 3.29. The van der Waals surface area contributed by atoms with Gasteiger partial charge >= 0.3 is 0 Å². The Morgan fingerprint density at radius 2 is 2.50 bits per heavy atom. The second kappa shape index (κ2) is 5.00. The molecule has 1 amide bonds. The topological polar surface area (TPSA) is 46.9 Å².